The van der Waals surface area contributed by atoms with Gasteiger partial charge in [-0.25, -0.2) is 5.06 Å². The van der Waals surface area contributed by atoms with Crippen LogP contribution in [-0.2, 0) is 4.79 Å². The van der Waals surface area contributed by atoms with Gasteiger partial charge in [0.15, 0.2) is 0 Å². The Hall–Kier alpha value is -0.850. The van der Waals surface area contributed by atoms with Crippen molar-refractivity contribution >= 4 is 6.41 Å². The van der Waals surface area contributed by atoms with E-state index in [4.69, 9.17) is 30.7 Å². The molecule has 17 heavy (non-hydrogen) atoms. The van der Waals surface area contributed by atoms with Crippen molar-refractivity contribution in [1.29, 1.82) is 0 Å². The number of carbonyl (C=O) groups is 1. The van der Waals surface area contributed by atoms with E-state index in [1.54, 1.807) is 0 Å². The van der Waals surface area contributed by atoms with E-state index in [1.165, 1.54) is 0 Å². The van der Waals surface area contributed by atoms with Gasteiger partial charge in [0.1, 0.15) is 18.3 Å². The number of amides is 1. The number of aliphatic hydroxyl groups is 7. The van der Waals surface area contributed by atoms with Gasteiger partial charge in [-0.3, -0.25) is 10.0 Å². The van der Waals surface area contributed by atoms with Gasteiger partial charge in [0.05, 0.1) is 6.54 Å². The highest BCUT2D eigenvalue weighted by molar-refractivity contribution is 5.44. The molecule has 10 heteroatoms. The first-order valence-electron chi connectivity index (χ1n) is 4.40. The maximum absolute atomic E-state index is 9.98. The minimum atomic E-state index is -3.48. The van der Waals surface area contributed by atoms with Crippen LogP contribution in [0.2, 0.25) is 0 Å². The largest absolute Gasteiger partial charge is 0.388 e. The van der Waals surface area contributed by atoms with Crippen LogP contribution in [0.25, 0.3) is 0 Å². The quantitative estimate of drug-likeness (QED) is 0.0956. The third kappa shape index (κ3) is 4.14. The first kappa shape index (κ1) is 16.1. The van der Waals surface area contributed by atoms with E-state index in [0.717, 1.165) is 0 Å². The smallest absolute Gasteiger partial charge is 0.244 e. The molecule has 0 unspecified atom stereocenters. The Bertz CT molecular complexity index is 245. The zero-order valence-electron chi connectivity index (χ0n) is 8.53. The molecular formula is C7H15NO9. The van der Waals surface area contributed by atoms with Gasteiger partial charge in [0.2, 0.25) is 18.5 Å². The standard InChI is InChI=1S/C7H15NO9/c9-2-8(17)1-3(10)4(11)5(12)7(15,16)6(13)14/h2-6,10-17H,1H2/t3-,4-,5-/m0/s1. The molecule has 10 nitrogen and oxygen atoms in total. The zero-order chi connectivity index (χ0) is 13.8. The highest BCUT2D eigenvalue weighted by Gasteiger charge is 2.46. The summed E-state index contributed by atoms with van der Waals surface area (Å²) in [5, 5.41) is 71.1. The minimum Gasteiger partial charge on any atom is -0.388 e. The lowest BCUT2D eigenvalue weighted by molar-refractivity contribution is -0.341. The van der Waals surface area contributed by atoms with Gasteiger partial charge in [-0.05, 0) is 0 Å². The summed E-state index contributed by atoms with van der Waals surface area (Å²) in [6.45, 7) is -0.834. The molecule has 0 heterocycles. The molecule has 0 aliphatic rings. The summed E-state index contributed by atoms with van der Waals surface area (Å²) in [7, 11) is 0. The third-order valence-electron chi connectivity index (χ3n) is 2.03. The molecule has 0 rings (SSSR count). The molecule has 0 aromatic carbocycles. The van der Waals surface area contributed by atoms with Gasteiger partial charge >= 0.3 is 0 Å². The van der Waals surface area contributed by atoms with Crippen molar-refractivity contribution < 1.29 is 45.7 Å². The van der Waals surface area contributed by atoms with Crippen molar-refractivity contribution in [3.05, 3.63) is 0 Å². The first-order chi connectivity index (χ1) is 7.64. The van der Waals surface area contributed by atoms with Crippen molar-refractivity contribution in [2.75, 3.05) is 6.54 Å². The average molecular weight is 257 g/mol. The summed E-state index contributed by atoms with van der Waals surface area (Å²) in [4.78, 5) is 9.98. The Morgan fingerprint density at radius 2 is 1.59 bits per heavy atom. The normalized spacial score (nSPS) is 17.7. The van der Waals surface area contributed by atoms with Crippen LogP contribution in [0.3, 0.4) is 0 Å². The number of nitrogens with zero attached hydrogens (tertiary/aromatic N) is 1. The van der Waals surface area contributed by atoms with E-state index in [9.17, 15) is 15.0 Å². The Morgan fingerprint density at radius 1 is 1.12 bits per heavy atom. The van der Waals surface area contributed by atoms with Gasteiger partial charge in [-0.15, -0.1) is 0 Å². The van der Waals surface area contributed by atoms with E-state index >= 15 is 0 Å². The first-order valence-corrected chi connectivity index (χ1v) is 4.40. The maximum Gasteiger partial charge on any atom is 0.244 e. The van der Waals surface area contributed by atoms with Crippen molar-refractivity contribution in [2.24, 2.45) is 0 Å². The fourth-order valence-corrected chi connectivity index (χ4v) is 0.957. The minimum absolute atomic E-state index is 0.0631. The molecule has 0 aromatic heterocycles. The molecule has 0 aromatic rings. The molecule has 102 valence electrons. The predicted octanol–water partition coefficient (Wildman–Crippen LogP) is -5.09. The Labute approximate surface area is 95.2 Å². The molecule has 0 saturated heterocycles. The van der Waals surface area contributed by atoms with Crippen LogP contribution < -0.4 is 0 Å². The number of hydrogen-bond acceptors (Lipinski definition) is 9. The van der Waals surface area contributed by atoms with Gasteiger partial charge < -0.3 is 35.7 Å². The summed E-state index contributed by atoms with van der Waals surface area (Å²) in [6.07, 6.45) is -9.64. The molecule has 0 radical (unpaired) electrons. The van der Waals surface area contributed by atoms with E-state index in [-0.39, 0.29) is 11.5 Å². The second-order valence-electron chi connectivity index (χ2n) is 3.39. The number of carbonyl (C=O) groups excluding carboxylic acids is 1. The summed E-state index contributed by atoms with van der Waals surface area (Å²) >= 11 is 0. The van der Waals surface area contributed by atoms with Crippen LogP contribution >= 0.6 is 0 Å². The highest BCUT2D eigenvalue weighted by atomic mass is 16.6. The molecule has 0 spiro atoms. The summed E-state index contributed by atoms with van der Waals surface area (Å²) < 4.78 is 0. The van der Waals surface area contributed by atoms with E-state index in [0.29, 0.717) is 0 Å². The van der Waals surface area contributed by atoms with Crippen LogP contribution in [0.4, 0.5) is 0 Å². The number of hydrogen-bond donors (Lipinski definition) is 8. The van der Waals surface area contributed by atoms with E-state index < -0.39 is 36.9 Å². The average Bonchev–Trinajstić information content (AvgIpc) is 2.26. The molecule has 1 amide bonds. The van der Waals surface area contributed by atoms with E-state index in [1.807, 2.05) is 0 Å². The highest BCUT2D eigenvalue weighted by Crippen LogP contribution is 2.16. The zero-order valence-corrected chi connectivity index (χ0v) is 8.53. The molecule has 0 aliphatic carbocycles. The van der Waals surface area contributed by atoms with Crippen molar-refractivity contribution in [1.82, 2.24) is 5.06 Å². The van der Waals surface area contributed by atoms with Crippen molar-refractivity contribution in [2.45, 2.75) is 30.4 Å². The van der Waals surface area contributed by atoms with Crippen molar-refractivity contribution in [3.63, 3.8) is 0 Å². The second-order valence-corrected chi connectivity index (χ2v) is 3.39. The van der Waals surface area contributed by atoms with Gasteiger partial charge in [-0.2, -0.15) is 0 Å². The third-order valence-corrected chi connectivity index (χ3v) is 2.03. The second kappa shape index (κ2) is 6.18. The van der Waals surface area contributed by atoms with Gasteiger partial charge in [0, 0.05) is 0 Å². The van der Waals surface area contributed by atoms with Crippen LogP contribution in [0.5, 0.6) is 0 Å². The van der Waals surface area contributed by atoms with E-state index in [2.05, 4.69) is 0 Å². The Balaban J connectivity index is 4.58. The lowest BCUT2D eigenvalue weighted by atomic mass is 9.99. The lowest BCUT2D eigenvalue weighted by Gasteiger charge is -2.33. The fourth-order valence-electron chi connectivity index (χ4n) is 0.957. The van der Waals surface area contributed by atoms with Gasteiger partial charge in [0.25, 0.3) is 0 Å². The van der Waals surface area contributed by atoms with Gasteiger partial charge in [-0.1, -0.05) is 0 Å². The molecule has 8 N–H and O–H groups in total. The topological polar surface area (TPSA) is 182 Å². The Kier molecular flexibility index (Phi) is 5.87. The van der Waals surface area contributed by atoms with Crippen LogP contribution in [0.15, 0.2) is 0 Å². The molecule has 0 aliphatic heterocycles. The molecule has 0 bridgehead atoms. The number of hydroxylamine groups is 2. The van der Waals surface area contributed by atoms with Crippen LogP contribution in [0.1, 0.15) is 0 Å². The maximum atomic E-state index is 9.98. The number of rotatable bonds is 7. The SMILES string of the molecule is O=CN(O)C[C@H](O)[C@H](O)[C@H](O)C(O)(O)C(O)O. The fraction of sp³-hybridized carbons (Fsp3) is 0.857. The lowest BCUT2D eigenvalue weighted by Crippen LogP contribution is -2.60. The Morgan fingerprint density at radius 3 is 1.94 bits per heavy atom. The molecule has 0 saturated carbocycles. The molecule has 0 fully saturated rings. The molecule has 3 atom stereocenters. The van der Waals surface area contributed by atoms with Crippen LogP contribution in [0, 0.1) is 0 Å². The monoisotopic (exact) mass is 257 g/mol. The van der Waals surface area contributed by atoms with Crippen LogP contribution in [-0.4, -0.2) is 89.4 Å². The summed E-state index contributed by atoms with van der Waals surface area (Å²) in [5.74, 6) is -3.48. The van der Waals surface area contributed by atoms with Crippen molar-refractivity contribution in [3.8, 4) is 0 Å². The summed E-state index contributed by atoms with van der Waals surface area (Å²) in [5.41, 5.74) is 0. The summed E-state index contributed by atoms with van der Waals surface area (Å²) in [6, 6.07) is 0. The number of aliphatic hydroxyl groups excluding tert-OH is 4. The predicted molar refractivity (Wildman–Crippen MR) is 48.0 cm³/mol. The molecular weight excluding hydrogens is 242 g/mol.